The first kappa shape index (κ1) is 21.3. The molecule has 2 heterocycles. The molecule has 4 rings (SSSR count). The zero-order valence-corrected chi connectivity index (χ0v) is 19.4. The van der Waals surface area contributed by atoms with Gasteiger partial charge in [0.2, 0.25) is 5.89 Å². The van der Waals surface area contributed by atoms with E-state index in [1.54, 1.807) is 4.57 Å². The molecule has 6 nitrogen and oxygen atoms in total. The van der Waals surface area contributed by atoms with Gasteiger partial charge in [-0.05, 0) is 50.1 Å². The summed E-state index contributed by atoms with van der Waals surface area (Å²) in [5.74, 6) is 1.18. The zero-order valence-electron chi connectivity index (χ0n) is 18.6. The summed E-state index contributed by atoms with van der Waals surface area (Å²) in [6.45, 7) is 12.1. The minimum atomic E-state index is -0.200. The predicted molar refractivity (Wildman–Crippen MR) is 124 cm³/mol. The van der Waals surface area contributed by atoms with Crippen molar-refractivity contribution >= 4 is 22.7 Å². The van der Waals surface area contributed by atoms with Crippen molar-refractivity contribution in [1.82, 2.24) is 19.7 Å². The molecule has 2 aromatic heterocycles. The van der Waals surface area contributed by atoms with E-state index in [0.717, 1.165) is 16.8 Å². The Morgan fingerprint density at radius 1 is 1.06 bits per heavy atom. The van der Waals surface area contributed by atoms with Gasteiger partial charge in [-0.1, -0.05) is 62.0 Å². The summed E-state index contributed by atoms with van der Waals surface area (Å²) < 4.78 is 7.24. The molecule has 0 aliphatic heterocycles. The van der Waals surface area contributed by atoms with Gasteiger partial charge in [-0.3, -0.25) is 9.36 Å². The molecule has 0 fully saturated rings. The second kappa shape index (κ2) is 7.96. The molecule has 1 atom stereocenters. The van der Waals surface area contributed by atoms with Crippen LogP contribution in [0, 0.1) is 13.8 Å². The molecule has 4 aromatic rings. The highest BCUT2D eigenvalue weighted by Crippen LogP contribution is 2.35. The molecule has 7 heteroatoms. The third kappa shape index (κ3) is 4.14. The van der Waals surface area contributed by atoms with Crippen LogP contribution in [0.2, 0.25) is 0 Å². The van der Waals surface area contributed by atoms with Crippen LogP contribution < -0.4 is 5.56 Å². The Morgan fingerprint density at radius 3 is 2.52 bits per heavy atom. The van der Waals surface area contributed by atoms with Gasteiger partial charge in [0.25, 0.3) is 5.56 Å². The van der Waals surface area contributed by atoms with Gasteiger partial charge < -0.3 is 4.52 Å². The van der Waals surface area contributed by atoms with Gasteiger partial charge in [0, 0.05) is 5.41 Å². The maximum atomic E-state index is 13.5. The summed E-state index contributed by atoms with van der Waals surface area (Å²) in [4.78, 5) is 22.9. The molecule has 0 aliphatic carbocycles. The van der Waals surface area contributed by atoms with E-state index in [-0.39, 0.29) is 16.2 Å². The van der Waals surface area contributed by atoms with E-state index in [0.29, 0.717) is 27.8 Å². The van der Waals surface area contributed by atoms with Crippen molar-refractivity contribution in [1.29, 1.82) is 0 Å². The molecule has 0 amide bonds. The summed E-state index contributed by atoms with van der Waals surface area (Å²) in [7, 11) is 0. The number of benzene rings is 2. The molecule has 160 valence electrons. The Morgan fingerprint density at radius 2 is 1.81 bits per heavy atom. The average Bonchev–Trinajstić information content (AvgIpc) is 3.22. The lowest BCUT2D eigenvalue weighted by molar-refractivity contribution is 0.364. The van der Waals surface area contributed by atoms with E-state index in [1.165, 1.54) is 11.8 Å². The van der Waals surface area contributed by atoms with Crippen LogP contribution in [0.15, 0.2) is 56.9 Å². The van der Waals surface area contributed by atoms with Gasteiger partial charge in [0.05, 0.1) is 21.8 Å². The van der Waals surface area contributed by atoms with Crippen LogP contribution in [-0.4, -0.2) is 19.7 Å². The Bertz CT molecular complexity index is 1320. The van der Waals surface area contributed by atoms with Gasteiger partial charge in [0.15, 0.2) is 11.0 Å². The van der Waals surface area contributed by atoms with E-state index in [2.05, 4.69) is 10.1 Å². The van der Waals surface area contributed by atoms with E-state index in [1.807, 2.05) is 84.0 Å². The molecule has 0 saturated carbocycles. The number of aromatic nitrogens is 4. The molecule has 0 aliphatic rings. The minimum absolute atomic E-state index is 0.0880. The first-order valence-corrected chi connectivity index (χ1v) is 11.1. The highest BCUT2D eigenvalue weighted by atomic mass is 32.2. The lowest BCUT2D eigenvalue weighted by Gasteiger charge is -2.17. The molecule has 0 radical (unpaired) electrons. The molecule has 0 spiro atoms. The number of aryl methyl sites for hydroxylation is 2. The smallest absolute Gasteiger partial charge is 0.266 e. The molecule has 0 N–H and O–H groups in total. The second-order valence-electron chi connectivity index (χ2n) is 8.81. The summed E-state index contributed by atoms with van der Waals surface area (Å²) in [5, 5.41) is 5.15. The number of nitrogens with zero attached hydrogens (tertiary/aromatic N) is 4. The number of hydrogen-bond acceptors (Lipinski definition) is 6. The first-order chi connectivity index (χ1) is 14.6. The first-order valence-electron chi connectivity index (χ1n) is 10.3. The summed E-state index contributed by atoms with van der Waals surface area (Å²) >= 11 is 1.44. The van der Waals surface area contributed by atoms with Gasteiger partial charge >= 0.3 is 0 Å². The van der Waals surface area contributed by atoms with E-state index in [4.69, 9.17) is 9.51 Å². The van der Waals surface area contributed by atoms with Crippen LogP contribution in [0.25, 0.3) is 16.6 Å². The zero-order chi connectivity index (χ0) is 22.3. The summed E-state index contributed by atoms with van der Waals surface area (Å²) in [6.07, 6.45) is 0. The fourth-order valence-electron chi connectivity index (χ4n) is 3.28. The standard InChI is InChI=1S/C24H26N4O2S/c1-14-11-12-15(2)19(13-14)28-21(29)17-9-7-8-10-18(17)25-23(28)31-16(3)20-26-22(27-30-20)24(4,5)6/h7-13,16H,1-6H3. The van der Waals surface area contributed by atoms with E-state index in [9.17, 15) is 4.79 Å². The monoisotopic (exact) mass is 434 g/mol. The number of hydrogen-bond donors (Lipinski definition) is 0. The van der Waals surface area contributed by atoms with Crippen LogP contribution in [0.1, 0.15) is 55.8 Å². The van der Waals surface area contributed by atoms with Gasteiger partial charge in [-0.25, -0.2) is 4.98 Å². The van der Waals surface area contributed by atoms with Crippen molar-refractivity contribution in [3.05, 3.63) is 75.7 Å². The van der Waals surface area contributed by atoms with Crippen molar-refractivity contribution in [3.63, 3.8) is 0 Å². The fraction of sp³-hybridized carbons (Fsp3) is 0.333. The van der Waals surface area contributed by atoms with Crippen LogP contribution in [0.5, 0.6) is 0 Å². The number of rotatable bonds is 4. The van der Waals surface area contributed by atoms with Crippen LogP contribution in [-0.2, 0) is 5.41 Å². The SMILES string of the molecule is Cc1ccc(C)c(-n2c(SC(C)c3nc(C(C)(C)C)no3)nc3ccccc3c2=O)c1. The molecular formula is C24H26N4O2S. The maximum absolute atomic E-state index is 13.5. The highest BCUT2D eigenvalue weighted by molar-refractivity contribution is 7.99. The topological polar surface area (TPSA) is 73.8 Å². The molecule has 31 heavy (non-hydrogen) atoms. The summed E-state index contributed by atoms with van der Waals surface area (Å²) in [5.41, 5.74) is 3.30. The lowest BCUT2D eigenvalue weighted by Crippen LogP contribution is -2.22. The van der Waals surface area contributed by atoms with Crippen LogP contribution in [0.4, 0.5) is 0 Å². The number of fused-ring (bicyclic) bond motifs is 1. The molecule has 2 aromatic carbocycles. The second-order valence-corrected chi connectivity index (χ2v) is 10.1. The normalized spacial score (nSPS) is 13.0. The van der Waals surface area contributed by atoms with Crippen molar-refractivity contribution < 1.29 is 4.52 Å². The maximum Gasteiger partial charge on any atom is 0.266 e. The molecule has 0 saturated heterocycles. The molecule has 1 unspecified atom stereocenters. The Labute approximate surface area is 185 Å². The lowest BCUT2D eigenvalue weighted by atomic mass is 9.96. The van der Waals surface area contributed by atoms with Gasteiger partial charge in [-0.2, -0.15) is 4.98 Å². The highest BCUT2D eigenvalue weighted by Gasteiger charge is 2.25. The Hall–Kier alpha value is -2.93. The molecule has 0 bridgehead atoms. The largest absolute Gasteiger partial charge is 0.338 e. The predicted octanol–water partition coefficient (Wildman–Crippen LogP) is 5.54. The fourth-order valence-corrected chi connectivity index (χ4v) is 4.23. The van der Waals surface area contributed by atoms with Crippen LogP contribution >= 0.6 is 11.8 Å². The third-order valence-electron chi connectivity index (χ3n) is 5.09. The molecular weight excluding hydrogens is 408 g/mol. The Balaban J connectivity index is 1.86. The number of thioether (sulfide) groups is 1. The van der Waals surface area contributed by atoms with Crippen LogP contribution in [0.3, 0.4) is 0 Å². The van der Waals surface area contributed by atoms with Gasteiger partial charge in [-0.15, -0.1) is 0 Å². The van der Waals surface area contributed by atoms with Crippen molar-refractivity contribution in [3.8, 4) is 5.69 Å². The summed E-state index contributed by atoms with van der Waals surface area (Å²) in [6, 6.07) is 13.5. The van der Waals surface area contributed by atoms with E-state index < -0.39 is 0 Å². The van der Waals surface area contributed by atoms with Crippen molar-refractivity contribution in [2.45, 2.75) is 57.4 Å². The average molecular weight is 435 g/mol. The Kier molecular flexibility index (Phi) is 5.47. The van der Waals surface area contributed by atoms with Gasteiger partial charge in [0.1, 0.15) is 0 Å². The third-order valence-corrected chi connectivity index (χ3v) is 6.13. The number of para-hydroxylation sites is 1. The van der Waals surface area contributed by atoms with Crippen molar-refractivity contribution in [2.75, 3.05) is 0 Å². The minimum Gasteiger partial charge on any atom is -0.338 e. The van der Waals surface area contributed by atoms with Crippen molar-refractivity contribution in [2.24, 2.45) is 0 Å². The quantitative estimate of drug-likeness (QED) is 0.310. The van der Waals surface area contributed by atoms with E-state index >= 15 is 0 Å².